The first kappa shape index (κ1) is 25.1. The summed E-state index contributed by atoms with van der Waals surface area (Å²) in [7, 11) is 0. The quantitative estimate of drug-likeness (QED) is 0.550. The van der Waals surface area contributed by atoms with Crippen LogP contribution in [0.25, 0.3) is 11.1 Å². The van der Waals surface area contributed by atoms with Gasteiger partial charge < -0.3 is 20.1 Å². The molecule has 8 heteroatoms. The molecule has 2 aromatic rings. The number of rotatable bonds is 8. The van der Waals surface area contributed by atoms with Crippen LogP contribution in [0, 0.1) is 5.92 Å². The molecule has 2 unspecified atom stereocenters. The number of carbonyl (C=O) groups excluding carboxylic acids is 2. The van der Waals surface area contributed by atoms with Crippen molar-refractivity contribution in [2.24, 2.45) is 5.92 Å². The van der Waals surface area contributed by atoms with Crippen LogP contribution in [0.15, 0.2) is 48.5 Å². The van der Waals surface area contributed by atoms with Crippen molar-refractivity contribution in [3.63, 3.8) is 0 Å². The number of fused-ring (bicyclic) bond motifs is 3. The van der Waals surface area contributed by atoms with Crippen molar-refractivity contribution < 1.29 is 24.2 Å². The van der Waals surface area contributed by atoms with E-state index in [9.17, 15) is 19.5 Å². The number of carbonyl (C=O) groups is 3. The second-order valence-corrected chi connectivity index (χ2v) is 10.6. The molecule has 1 aliphatic heterocycles. The van der Waals surface area contributed by atoms with E-state index in [4.69, 9.17) is 4.74 Å². The fourth-order valence-electron chi connectivity index (χ4n) is 4.94. The van der Waals surface area contributed by atoms with Crippen LogP contribution in [0.2, 0.25) is 0 Å². The van der Waals surface area contributed by atoms with Gasteiger partial charge in [-0.15, -0.1) is 11.8 Å². The molecule has 0 spiro atoms. The van der Waals surface area contributed by atoms with Crippen LogP contribution in [0.1, 0.15) is 50.7 Å². The Morgan fingerprint density at radius 2 is 1.69 bits per heavy atom. The van der Waals surface area contributed by atoms with E-state index in [-0.39, 0.29) is 36.1 Å². The number of nitrogens with zero attached hydrogens (tertiary/aromatic N) is 1. The van der Waals surface area contributed by atoms with Gasteiger partial charge in [0.1, 0.15) is 12.6 Å². The Morgan fingerprint density at radius 1 is 1.09 bits per heavy atom. The number of carboxylic acid groups (broad SMARTS) is 1. The largest absolute Gasteiger partial charge is 0.480 e. The summed E-state index contributed by atoms with van der Waals surface area (Å²) in [6.45, 7) is 5.98. The highest BCUT2D eigenvalue weighted by atomic mass is 32.2. The van der Waals surface area contributed by atoms with Gasteiger partial charge in [0, 0.05) is 24.1 Å². The highest BCUT2D eigenvalue weighted by Crippen LogP contribution is 2.44. The number of ether oxygens (including phenoxy) is 1. The van der Waals surface area contributed by atoms with Gasteiger partial charge >= 0.3 is 12.1 Å². The van der Waals surface area contributed by atoms with E-state index in [1.54, 1.807) is 0 Å². The molecular weight excluding hydrogens is 464 g/mol. The Labute approximate surface area is 210 Å². The molecule has 0 bridgehead atoms. The van der Waals surface area contributed by atoms with Gasteiger partial charge in [0.25, 0.3) is 0 Å². The minimum Gasteiger partial charge on any atom is -0.480 e. The minimum absolute atomic E-state index is 0.0296. The molecule has 2 amide bonds. The normalized spacial score (nSPS) is 19.8. The molecule has 35 heavy (non-hydrogen) atoms. The first-order valence-corrected chi connectivity index (χ1v) is 13.1. The molecule has 7 nitrogen and oxygen atoms in total. The summed E-state index contributed by atoms with van der Waals surface area (Å²) in [4.78, 5) is 39.0. The fourth-order valence-corrected chi connectivity index (χ4v) is 6.31. The Morgan fingerprint density at radius 3 is 2.23 bits per heavy atom. The first-order valence-electron chi connectivity index (χ1n) is 12.1. The van der Waals surface area contributed by atoms with Gasteiger partial charge in [0.2, 0.25) is 5.91 Å². The van der Waals surface area contributed by atoms with Gasteiger partial charge in [-0.25, -0.2) is 9.59 Å². The van der Waals surface area contributed by atoms with Crippen molar-refractivity contribution in [2.45, 2.75) is 57.0 Å². The number of benzene rings is 2. The maximum atomic E-state index is 13.1. The van der Waals surface area contributed by atoms with Gasteiger partial charge in [-0.3, -0.25) is 4.79 Å². The lowest BCUT2D eigenvalue weighted by Crippen LogP contribution is -2.49. The van der Waals surface area contributed by atoms with Gasteiger partial charge in [0.05, 0.1) is 5.37 Å². The lowest BCUT2D eigenvalue weighted by molar-refractivity contribution is -0.149. The molecule has 2 aromatic carbocycles. The van der Waals surface area contributed by atoms with Crippen molar-refractivity contribution in [3.8, 4) is 11.1 Å². The minimum atomic E-state index is -0.993. The highest BCUT2D eigenvalue weighted by molar-refractivity contribution is 8.00. The van der Waals surface area contributed by atoms with Crippen molar-refractivity contribution in [1.82, 2.24) is 10.2 Å². The molecule has 0 saturated carbocycles. The van der Waals surface area contributed by atoms with E-state index >= 15 is 0 Å². The summed E-state index contributed by atoms with van der Waals surface area (Å²) in [5.41, 5.74) is 4.58. The SMILES string of the molecule is CCC1SCC(C(=O)O)N1C(=O)C[C@@H](NC(=O)OCC1c2ccccc2-c2ccccc21)C(C)C. The van der Waals surface area contributed by atoms with Crippen LogP contribution in [0.4, 0.5) is 4.79 Å². The molecule has 1 fully saturated rings. The highest BCUT2D eigenvalue weighted by Gasteiger charge is 2.41. The van der Waals surface area contributed by atoms with E-state index in [0.29, 0.717) is 12.2 Å². The van der Waals surface area contributed by atoms with Crippen molar-refractivity contribution in [3.05, 3.63) is 59.7 Å². The van der Waals surface area contributed by atoms with Crippen molar-refractivity contribution in [1.29, 1.82) is 0 Å². The van der Waals surface area contributed by atoms with Gasteiger partial charge in [-0.2, -0.15) is 0 Å². The predicted molar refractivity (Wildman–Crippen MR) is 136 cm³/mol. The zero-order valence-corrected chi connectivity index (χ0v) is 21.1. The molecule has 0 radical (unpaired) electrons. The van der Waals surface area contributed by atoms with E-state index in [0.717, 1.165) is 22.3 Å². The molecule has 3 atom stereocenters. The molecule has 0 aromatic heterocycles. The molecule has 1 heterocycles. The Balaban J connectivity index is 1.40. The third-order valence-electron chi connectivity index (χ3n) is 6.86. The zero-order chi connectivity index (χ0) is 25.1. The second kappa shape index (κ2) is 10.7. The number of thioether (sulfide) groups is 1. The molecule has 1 aliphatic carbocycles. The van der Waals surface area contributed by atoms with Crippen LogP contribution in [-0.4, -0.2) is 57.8 Å². The Kier molecular flexibility index (Phi) is 7.69. The standard InChI is InChI=1S/C27H32N2O5S/c1-4-25-29(23(15-35-25)26(31)32)24(30)13-22(16(2)3)28-27(33)34-14-21-19-11-7-5-9-17(19)18-10-6-8-12-20(18)21/h5-12,16,21-23,25H,4,13-15H2,1-3H3,(H,28,33)(H,31,32)/t22-,23?,25?/m1/s1. The van der Waals surface area contributed by atoms with Crippen LogP contribution in [-0.2, 0) is 14.3 Å². The van der Waals surface area contributed by atoms with Crippen LogP contribution in [0.3, 0.4) is 0 Å². The lowest BCUT2D eigenvalue weighted by atomic mass is 9.98. The number of nitrogens with one attached hydrogen (secondary N) is 1. The number of carboxylic acids is 1. The maximum absolute atomic E-state index is 13.1. The summed E-state index contributed by atoms with van der Waals surface area (Å²) in [5, 5.41) is 12.2. The Bertz CT molecular complexity index is 1060. The van der Waals surface area contributed by atoms with Gasteiger partial charge in [-0.05, 0) is 34.6 Å². The van der Waals surface area contributed by atoms with Crippen LogP contribution in [0.5, 0.6) is 0 Å². The average Bonchev–Trinajstić information content (AvgIpc) is 3.42. The number of aliphatic carboxylic acids is 1. The van der Waals surface area contributed by atoms with E-state index in [2.05, 4.69) is 29.6 Å². The third-order valence-corrected chi connectivity index (χ3v) is 8.31. The summed E-state index contributed by atoms with van der Waals surface area (Å²) in [5.74, 6) is -0.945. The topological polar surface area (TPSA) is 95.9 Å². The zero-order valence-electron chi connectivity index (χ0n) is 20.3. The number of amides is 2. The molecular formula is C27H32N2O5S. The number of alkyl carbamates (subject to hydrolysis) is 1. The monoisotopic (exact) mass is 496 g/mol. The van der Waals surface area contributed by atoms with Crippen LogP contribution >= 0.6 is 11.8 Å². The molecule has 1 saturated heterocycles. The molecule has 2 aliphatic rings. The molecule has 186 valence electrons. The smallest absolute Gasteiger partial charge is 0.407 e. The van der Waals surface area contributed by atoms with Crippen molar-refractivity contribution >= 4 is 29.7 Å². The van der Waals surface area contributed by atoms with E-state index in [1.807, 2.05) is 45.0 Å². The van der Waals surface area contributed by atoms with Gasteiger partial charge in [-0.1, -0.05) is 69.3 Å². The Hall–Kier alpha value is -3.00. The predicted octanol–water partition coefficient (Wildman–Crippen LogP) is 4.70. The number of hydrogen-bond donors (Lipinski definition) is 2. The van der Waals surface area contributed by atoms with E-state index < -0.39 is 24.1 Å². The molecule has 4 rings (SSSR count). The summed E-state index contributed by atoms with van der Waals surface area (Å²) < 4.78 is 5.66. The van der Waals surface area contributed by atoms with Crippen molar-refractivity contribution in [2.75, 3.05) is 12.4 Å². The van der Waals surface area contributed by atoms with Gasteiger partial charge in [0.15, 0.2) is 0 Å². The first-order chi connectivity index (χ1) is 16.8. The lowest BCUT2D eigenvalue weighted by Gasteiger charge is -2.30. The molecule has 2 N–H and O–H groups in total. The van der Waals surface area contributed by atoms with E-state index in [1.165, 1.54) is 16.7 Å². The number of hydrogen-bond acceptors (Lipinski definition) is 5. The summed E-state index contributed by atoms with van der Waals surface area (Å²) in [6, 6.07) is 15.0. The summed E-state index contributed by atoms with van der Waals surface area (Å²) in [6.07, 6.45) is 0.130. The fraction of sp³-hybridized carbons (Fsp3) is 0.444. The maximum Gasteiger partial charge on any atom is 0.407 e. The third kappa shape index (κ3) is 5.17. The second-order valence-electron chi connectivity index (χ2n) is 9.38. The summed E-state index contributed by atoms with van der Waals surface area (Å²) >= 11 is 1.49. The van der Waals surface area contributed by atoms with Crippen LogP contribution < -0.4 is 5.32 Å². The average molecular weight is 497 g/mol.